The maximum absolute atomic E-state index is 12.0. The first-order chi connectivity index (χ1) is 10.1. The highest BCUT2D eigenvalue weighted by Gasteiger charge is 2.08. The lowest BCUT2D eigenvalue weighted by molar-refractivity contribution is -0.384. The molecule has 108 valence electrons. The Morgan fingerprint density at radius 3 is 2.48 bits per heavy atom. The summed E-state index contributed by atoms with van der Waals surface area (Å²) >= 11 is 3.34. The highest BCUT2D eigenvalue weighted by atomic mass is 79.9. The standard InChI is InChI=1S/C15H13BrN2O3/c16-9-11-4-6-13(7-5-11)15(19)17-10-12-2-1-3-14(8-12)18(20)21/h1-8H,9-10H2,(H,17,19). The summed E-state index contributed by atoms with van der Waals surface area (Å²) in [6, 6.07) is 13.5. The van der Waals surface area contributed by atoms with Gasteiger partial charge in [-0.1, -0.05) is 40.2 Å². The summed E-state index contributed by atoms with van der Waals surface area (Å²) in [7, 11) is 0. The van der Waals surface area contributed by atoms with E-state index >= 15 is 0 Å². The predicted molar refractivity (Wildman–Crippen MR) is 83.3 cm³/mol. The molecule has 2 rings (SSSR count). The van der Waals surface area contributed by atoms with Crippen LogP contribution in [-0.4, -0.2) is 10.8 Å². The number of halogens is 1. The minimum absolute atomic E-state index is 0.0171. The Hall–Kier alpha value is -2.21. The lowest BCUT2D eigenvalue weighted by atomic mass is 10.1. The average Bonchev–Trinajstić information content (AvgIpc) is 2.53. The van der Waals surface area contributed by atoms with Crippen molar-refractivity contribution in [2.75, 3.05) is 0 Å². The van der Waals surface area contributed by atoms with Crippen molar-refractivity contribution in [3.63, 3.8) is 0 Å². The number of nitro groups is 1. The van der Waals surface area contributed by atoms with E-state index in [0.717, 1.165) is 10.9 Å². The molecule has 0 bridgehead atoms. The third-order valence-electron chi connectivity index (χ3n) is 2.94. The third-order valence-corrected chi connectivity index (χ3v) is 3.59. The van der Waals surface area contributed by atoms with Gasteiger partial charge in [-0.3, -0.25) is 14.9 Å². The molecule has 1 N–H and O–H groups in total. The first kappa shape index (κ1) is 15.2. The van der Waals surface area contributed by atoms with Crippen LogP contribution < -0.4 is 5.32 Å². The quantitative estimate of drug-likeness (QED) is 0.511. The van der Waals surface area contributed by atoms with E-state index in [1.165, 1.54) is 12.1 Å². The largest absolute Gasteiger partial charge is 0.348 e. The second-order valence-corrected chi connectivity index (χ2v) is 5.00. The molecular weight excluding hydrogens is 336 g/mol. The van der Waals surface area contributed by atoms with Crippen molar-refractivity contribution < 1.29 is 9.72 Å². The van der Waals surface area contributed by atoms with Crippen LogP contribution in [0.5, 0.6) is 0 Å². The van der Waals surface area contributed by atoms with Crippen LogP contribution in [0.15, 0.2) is 48.5 Å². The molecule has 6 heteroatoms. The van der Waals surface area contributed by atoms with E-state index in [-0.39, 0.29) is 18.1 Å². The van der Waals surface area contributed by atoms with Gasteiger partial charge in [-0.15, -0.1) is 0 Å². The Balaban J connectivity index is 2.00. The summed E-state index contributed by atoms with van der Waals surface area (Å²) in [5, 5.41) is 14.2. The SMILES string of the molecule is O=C(NCc1cccc([N+](=O)[O-])c1)c1ccc(CBr)cc1. The molecule has 1 amide bonds. The lowest BCUT2D eigenvalue weighted by Crippen LogP contribution is -2.22. The van der Waals surface area contributed by atoms with Gasteiger partial charge in [0.2, 0.25) is 0 Å². The molecular formula is C15H13BrN2O3. The van der Waals surface area contributed by atoms with Crippen molar-refractivity contribution in [3.05, 3.63) is 75.3 Å². The van der Waals surface area contributed by atoms with Crippen LogP contribution in [0.2, 0.25) is 0 Å². The van der Waals surface area contributed by atoms with Gasteiger partial charge in [0.15, 0.2) is 0 Å². The maximum Gasteiger partial charge on any atom is 0.269 e. The molecule has 0 radical (unpaired) electrons. The van der Waals surface area contributed by atoms with Crippen molar-refractivity contribution in [2.45, 2.75) is 11.9 Å². The van der Waals surface area contributed by atoms with Gasteiger partial charge < -0.3 is 5.32 Å². The molecule has 0 fully saturated rings. The second-order valence-electron chi connectivity index (χ2n) is 4.44. The lowest BCUT2D eigenvalue weighted by Gasteiger charge is -2.06. The van der Waals surface area contributed by atoms with Crippen LogP contribution in [0.3, 0.4) is 0 Å². The Morgan fingerprint density at radius 1 is 1.14 bits per heavy atom. The van der Waals surface area contributed by atoms with Crippen molar-refractivity contribution >= 4 is 27.5 Å². The van der Waals surface area contributed by atoms with Crippen molar-refractivity contribution in [1.82, 2.24) is 5.32 Å². The zero-order valence-corrected chi connectivity index (χ0v) is 12.7. The molecule has 0 aliphatic heterocycles. The Kier molecular flexibility index (Phi) is 5.05. The van der Waals surface area contributed by atoms with E-state index in [1.54, 1.807) is 24.3 Å². The summed E-state index contributed by atoms with van der Waals surface area (Å²) in [6.07, 6.45) is 0. The third kappa shape index (κ3) is 4.13. The smallest absolute Gasteiger partial charge is 0.269 e. The molecule has 2 aromatic carbocycles. The topological polar surface area (TPSA) is 72.2 Å². The van der Waals surface area contributed by atoms with Gasteiger partial charge >= 0.3 is 0 Å². The normalized spacial score (nSPS) is 10.1. The summed E-state index contributed by atoms with van der Waals surface area (Å²) in [4.78, 5) is 22.2. The van der Waals surface area contributed by atoms with E-state index in [9.17, 15) is 14.9 Å². The molecule has 2 aromatic rings. The van der Waals surface area contributed by atoms with Crippen LogP contribution in [0.4, 0.5) is 5.69 Å². The Labute approximate surface area is 130 Å². The van der Waals surface area contributed by atoms with Crippen LogP contribution in [0, 0.1) is 10.1 Å². The van der Waals surface area contributed by atoms with Gasteiger partial charge in [-0.25, -0.2) is 0 Å². The number of hydrogen-bond acceptors (Lipinski definition) is 3. The van der Waals surface area contributed by atoms with Crippen LogP contribution in [0.25, 0.3) is 0 Å². The van der Waals surface area contributed by atoms with Crippen LogP contribution in [0.1, 0.15) is 21.5 Å². The fourth-order valence-corrected chi connectivity index (χ4v) is 2.18. The first-order valence-corrected chi connectivity index (χ1v) is 7.39. The molecule has 0 aliphatic carbocycles. The number of carbonyl (C=O) groups is 1. The number of alkyl halides is 1. The zero-order valence-electron chi connectivity index (χ0n) is 11.1. The van der Waals surface area contributed by atoms with Gasteiger partial charge in [0.05, 0.1) is 4.92 Å². The second kappa shape index (κ2) is 6.99. The average molecular weight is 349 g/mol. The fraction of sp³-hybridized carbons (Fsp3) is 0.133. The van der Waals surface area contributed by atoms with Crippen molar-refractivity contribution in [2.24, 2.45) is 0 Å². The predicted octanol–water partition coefficient (Wildman–Crippen LogP) is 3.42. The molecule has 0 unspecified atom stereocenters. The number of rotatable bonds is 5. The van der Waals surface area contributed by atoms with E-state index in [1.807, 2.05) is 12.1 Å². The highest BCUT2D eigenvalue weighted by Crippen LogP contribution is 2.13. The molecule has 0 saturated carbocycles. The summed E-state index contributed by atoms with van der Waals surface area (Å²) in [5.74, 6) is -0.206. The van der Waals surface area contributed by atoms with E-state index in [2.05, 4.69) is 21.2 Å². The number of carbonyl (C=O) groups excluding carboxylic acids is 1. The van der Waals surface area contributed by atoms with Gasteiger partial charge in [-0.2, -0.15) is 0 Å². The Morgan fingerprint density at radius 2 is 1.86 bits per heavy atom. The Bertz CT molecular complexity index is 656. The number of hydrogen-bond donors (Lipinski definition) is 1. The monoisotopic (exact) mass is 348 g/mol. The number of benzene rings is 2. The summed E-state index contributed by atoms with van der Waals surface area (Å²) in [6.45, 7) is 0.251. The number of nitrogens with one attached hydrogen (secondary N) is 1. The molecule has 0 saturated heterocycles. The molecule has 0 atom stereocenters. The minimum atomic E-state index is -0.454. The van der Waals surface area contributed by atoms with Crippen molar-refractivity contribution in [1.29, 1.82) is 0 Å². The molecule has 0 aliphatic rings. The zero-order chi connectivity index (χ0) is 15.2. The van der Waals surface area contributed by atoms with Gasteiger partial charge in [0.1, 0.15) is 0 Å². The summed E-state index contributed by atoms with van der Waals surface area (Å²) in [5.41, 5.74) is 2.36. The number of nitro benzene ring substituents is 1. The van der Waals surface area contributed by atoms with Gasteiger partial charge in [0.25, 0.3) is 11.6 Å². The molecule has 5 nitrogen and oxygen atoms in total. The number of non-ortho nitro benzene ring substituents is 1. The van der Waals surface area contributed by atoms with Crippen LogP contribution in [-0.2, 0) is 11.9 Å². The van der Waals surface area contributed by atoms with E-state index < -0.39 is 4.92 Å². The van der Waals surface area contributed by atoms with Crippen LogP contribution >= 0.6 is 15.9 Å². The molecule has 21 heavy (non-hydrogen) atoms. The molecule has 0 spiro atoms. The van der Waals surface area contributed by atoms with E-state index in [4.69, 9.17) is 0 Å². The van der Waals surface area contributed by atoms with Crippen molar-refractivity contribution in [3.8, 4) is 0 Å². The van der Waals surface area contributed by atoms with E-state index in [0.29, 0.717) is 11.1 Å². The fourth-order valence-electron chi connectivity index (χ4n) is 1.81. The maximum atomic E-state index is 12.0. The number of nitrogens with zero attached hydrogens (tertiary/aromatic N) is 1. The van der Waals surface area contributed by atoms with Gasteiger partial charge in [0, 0.05) is 29.6 Å². The van der Waals surface area contributed by atoms with Gasteiger partial charge in [-0.05, 0) is 23.3 Å². The highest BCUT2D eigenvalue weighted by molar-refractivity contribution is 9.08. The molecule has 0 aromatic heterocycles. The summed E-state index contributed by atoms with van der Waals surface area (Å²) < 4.78 is 0. The first-order valence-electron chi connectivity index (χ1n) is 6.26. The minimum Gasteiger partial charge on any atom is -0.348 e. The molecule has 0 heterocycles. The number of amides is 1.